The fourth-order valence-corrected chi connectivity index (χ4v) is 3.77. The Balaban J connectivity index is 1.51. The average molecular weight is 332 g/mol. The zero-order valence-corrected chi connectivity index (χ0v) is 14.7. The van der Waals surface area contributed by atoms with E-state index < -0.39 is 0 Å². The van der Waals surface area contributed by atoms with Gasteiger partial charge in [0.05, 0.1) is 19.8 Å². The van der Waals surface area contributed by atoms with E-state index in [1.807, 2.05) is 17.0 Å². The van der Waals surface area contributed by atoms with Gasteiger partial charge in [-0.1, -0.05) is 12.1 Å². The smallest absolute Gasteiger partial charge is 0.219 e. The lowest BCUT2D eigenvalue weighted by Gasteiger charge is -2.42. The second kappa shape index (κ2) is 7.99. The Morgan fingerprint density at radius 1 is 1.21 bits per heavy atom. The minimum Gasteiger partial charge on any atom is -0.497 e. The maximum Gasteiger partial charge on any atom is 0.219 e. The third kappa shape index (κ3) is 4.28. The van der Waals surface area contributed by atoms with E-state index in [1.165, 1.54) is 5.56 Å². The molecule has 1 atom stereocenters. The van der Waals surface area contributed by atoms with Crippen LogP contribution in [0.4, 0.5) is 0 Å². The van der Waals surface area contributed by atoms with E-state index in [2.05, 4.69) is 17.0 Å². The standard InChI is InChI=1S/C19H28N2O3/c1-15(22)20-9-7-17(8-10-20)21-11-12-24-19(14-21)13-16-3-5-18(23-2)6-4-16/h3-6,17,19H,7-14H2,1-2H3. The molecule has 132 valence electrons. The molecule has 2 saturated heterocycles. The minimum absolute atomic E-state index is 0.202. The molecular formula is C19H28N2O3. The van der Waals surface area contributed by atoms with Crippen LogP contribution in [0.5, 0.6) is 5.75 Å². The summed E-state index contributed by atoms with van der Waals surface area (Å²) < 4.78 is 11.2. The van der Waals surface area contributed by atoms with Gasteiger partial charge in [-0.25, -0.2) is 0 Å². The molecule has 0 N–H and O–H groups in total. The molecule has 0 bridgehead atoms. The number of ether oxygens (including phenoxy) is 2. The van der Waals surface area contributed by atoms with E-state index >= 15 is 0 Å². The highest BCUT2D eigenvalue weighted by molar-refractivity contribution is 5.73. The van der Waals surface area contributed by atoms with Crippen LogP contribution in [0.15, 0.2) is 24.3 Å². The minimum atomic E-state index is 0.202. The van der Waals surface area contributed by atoms with E-state index in [0.29, 0.717) is 6.04 Å². The Hall–Kier alpha value is -1.59. The average Bonchev–Trinajstić information content (AvgIpc) is 2.63. The van der Waals surface area contributed by atoms with Gasteiger partial charge in [-0.3, -0.25) is 9.69 Å². The number of piperidine rings is 1. The van der Waals surface area contributed by atoms with Gasteiger partial charge in [0.2, 0.25) is 5.91 Å². The third-order valence-electron chi connectivity index (χ3n) is 5.22. The van der Waals surface area contributed by atoms with Gasteiger partial charge in [0.25, 0.3) is 0 Å². The van der Waals surface area contributed by atoms with Crippen molar-refractivity contribution in [2.75, 3.05) is 39.9 Å². The molecule has 2 aliphatic rings. The lowest BCUT2D eigenvalue weighted by molar-refractivity contribution is -0.131. The Kier molecular flexibility index (Phi) is 5.74. The van der Waals surface area contributed by atoms with Gasteiger partial charge in [-0.05, 0) is 37.0 Å². The topological polar surface area (TPSA) is 42.0 Å². The molecule has 1 aromatic rings. The number of nitrogens with zero attached hydrogens (tertiary/aromatic N) is 2. The Labute approximate surface area is 144 Å². The Morgan fingerprint density at radius 2 is 1.92 bits per heavy atom. The summed E-state index contributed by atoms with van der Waals surface area (Å²) in [5.74, 6) is 1.09. The van der Waals surface area contributed by atoms with Crippen molar-refractivity contribution in [3.05, 3.63) is 29.8 Å². The first-order valence-corrected chi connectivity index (χ1v) is 8.90. The number of carbonyl (C=O) groups is 1. The number of methoxy groups -OCH3 is 1. The van der Waals surface area contributed by atoms with Crippen LogP contribution >= 0.6 is 0 Å². The van der Waals surface area contributed by atoms with E-state index in [4.69, 9.17) is 9.47 Å². The summed E-state index contributed by atoms with van der Waals surface area (Å²) >= 11 is 0. The Morgan fingerprint density at radius 3 is 2.54 bits per heavy atom. The normalized spacial score (nSPS) is 23.2. The maximum absolute atomic E-state index is 11.5. The third-order valence-corrected chi connectivity index (χ3v) is 5.22. The van der Waals surface area contributed by atoms with Gasteiger partial charge in [-0.2, -0.15) is 0 Å². The number of carbonyl (C=O) groups excluding carboxylic acids is 1. The van der Waals surface area contributed by atoms with E-state index in [1.54, 1.807) is 14.0 Å². The fourth-order valence-electron chi connectivity index (χ4n) is 3.77. The molecule has 2 aliphatic heterocycles. The van der Waals surface area contributed by atoms with Crippen molar-refractivity contribution in [2.24, 2.45) is 0 Å². The van der Waals surface area contributed by atoms with Crippen LogP contribution in [0.2, 0.25) is 0 Å². The number of likely N-dealkylation sites (tertiary alicyclic amines) is 1. The van der Waals surface area contributed by atoms with E-state index in [-0.39, 0.29) is 12.0 Å². The summed E-state index contributed by atoms with van der Waals surface area (Å²) in [7, 11) is 1.69. The molecule has 1 aromatic carbocycles. The molecule has 5 nitrogen and oxygen atoms in total. The van der Waals surface area contributed by atoms with Crippen molar-refractivity contribution in [3.63, 3.8) is 0 Å². The van der Waals surface area contributed by atoms with Gasteiger partial charge in [0.15, 0.2) is 0 Å². The van der Waals surface area contributed by atoms with Gasteiger partial charge in [0.1, 0.15) is 5.75 Å². The lowest BCUT2D eigenvalue weighted by Crippen LogP contribution is -2.52. The molecule has 0 spiro atoms. The van der Waals surface area contributed by atoms with Crippen LogP contribution in [0, 0.1) is 0 Å². The zero-order valence-electron chi connectivity index (χ0n) is 14.7. The molecule has 5 heteroatoms. The zero-order chi connectivity index (χ0) is 16.9. The molecule has 0 aliphatic carbocycles. The monoisotopic (exact) mass is 332 g/mol. The second-order valence-corrected chi connectivity index (χ2v) is 6.78. The van der Waals surface area contributed by atoms with Crippen molar-refractivity contribution in [1.82, 2.24) is 9.80 Å². The first kappa shape index (κ1) is 17.2. The number of hydrogen-bond donors (Lipinski definition) is 0. The number of benzene rings is 1. The molecule has 0 saturated carbocycles. The molecular weight excluding hydrogens is 304 g/mol. The highest BCUT2D eigenvalue weighted by Crippen LogP contribution is 2.21. The van der Waals surface area contributed by atoms with Gasteiger partial charge in [0, 0.05) is 39.1 Å². The fraction of sp³-hybridized carbons (Fsp3) is 0.632. The van der Waals surface area contributed by atoms with Crippen molar-refractivity contribution in [1.29, 1.82) is 0 Å². The first-order valence-electron chi connectivity index (χ1n) is 8.90. The second-order valence-electron chi connectivity index (χ2n) is 6.78. The predicted octanol–water partition coefficient (Wildman–Crippen LogP) is 1.95. The first-order chi connectivity index (χ1) is 11.7. The quantitative estimate of drug-likeness (QED) is 0.845. The maximum atomic E-state index is 11.5. The summed E-state index contributed by atoms with van der Waals surface area (Å²) in [6.07, 6.45) is 3.34. The number of amides is 1. The largest absolute Gasteiger partial charge is 0.497 e. The van der Waals surface area contributed by atoms with Crippen molar-refractivity contribution in [3.8, 4) is 5.75 Å². The summed E-state index contributed by atoms with van der Waals surface area (Å²) in [5.41, 5.74) is 1.29. The highest BCUT2D eigenvalue weighted by Gasteiger charge is 2.29. The molecule has 0 radical (unpaired) electrons. The van der Waals surface area contributed by atoms with Crippen molar-refractivity contribution in [2.45, 2.75) is 38.3 Å². The summed E-state index contributed by atoms with van der Waals surface area (Å²) in [5, 5.41) is 0. The van der Waals surface area contributed by atoms with E-state index in [0.717, 1.165) is 57.8 Å². The Bertz CT molecular complexity index is 538. The molecule has 1 amide bonds. The van der Waals surface area contributed by atoms with Crippen molar-refractivity contribution < 1.29 is 14.3 Å². The SMILES string of the molecule is COc1ccc(CC2CN(C3CCN(C(C)=O)CC3)CCO2)cc1. The van der Waals surface area contributed by atoms with Crippen LogP contribution in [-0.2, 0) is 16.0 Å². The number of hydrogen-bond acceptors (Lipinski definition) is 4. The molecule has 3 rings (SSSR count). The molecule has 0 aromatic heterocycles. The van der Waals surface area contributed by atoms with Crippen LogP contribution in [0.25, 0.3) is 0 Å². The van der Waals surface area contributed by atoms with E-state index in [9.17, 15) is 4.79 Å². The summed E-state index contributed by atoms with van der Waals surface area (Å²) in [6, 6.07) is 8.84. The number of rotatable bonds is 4. The van der Waals surface area contributed by atoms with Crippen LogP contribution in [-0.4, -0.2) is 67.7 Å². The van der Waals surface area contributed by atoms with Gasteiger partial charge >= 0.3 is 0 Å². The predicted molar refractivity (Wildman–Crippen MR) is 93.3 cm³/mol. The van der Waals surface area contributed by atoms with Crippen LogP contribution in [0.1, 0.15) is 25.3 Å². The van der Waals surface area contributed by atoms with Crippen LogP contribution in [0.3, 0.4) is 0 Å². The highest BCUT2D eigenvalue weighted by atomic mass is 16.5. The molecule has 1 unspecified atom stereocenters. The number of morpholine rings is 1. The lowest BCUT2D eigenvalue weighted by atomic mass is 10.0. The molecule has 24 heavy (non-hydrogen) atoms. The van der Waals surface area contributed by atoms with Gasteiger partial charge in [-0.15, -0.1) is 0 Å². The molecule has 2 heterocycles. The van der Waals surface area contributed by atoms with Crippen LogP contribution < -0.4 is 4.74 Å². The van der Waals surface area contributed by atoms with Crippen molar-refractivity contribution >= 4 is 5.91 Å². The molecule has 2 fully saturated rings. The summed E-state index contributed by atoms with van der Waals surface area (Å²) in [4.78, 5) is 16.0. The van der Waals surface area contributed by atoms with Gasteiger partial charge < -0.3 is 14.4 Å². The summed E-state index contributed by atoms with van der Waals surface area (Å²) in [6.45, 7) is 6.23.